The lowest BCUT2D eigenvalue weighted by Crippen LogP contribution is -2.23. The highest BCUT2D eigenvalue weighted by Gasteiger charge is 2.16. The molecule has 0 bridgehead atoms. The first-order chi connectivity index (χ1) is 10.9. The lowest BCUT2D eigenvalue weighted by Gasteiger charge is -2.14. The number of nitrogens with one attached hydrogen (secondary N) is 1. The molecule has 0 radical (unpaired) electrons. The van der Waals surface area contributed by atoms with E-state index in [1.54, 1.807) is 24.3 Å². The van der Waals surface area contributed by atoms with Crippen molar-refractivity contribution in [2.75, 3.05) is 13.6 Å². The normalized spacial score (nSPS) is 11.8. The molecule has 23 heavy (non-hydrogen) atoms. The first-order valence-corrected chi connectivity index (χ1v) is 9.70. The van der Waals surface area contributed by atoms with Crippen LogP contribution in [0.4, 0.5) is 0 Å². The Morgan fingerprint density at radius 2 is 1.78 bits per heavy atom. The van der Waals surface area contributed by atoms with Crippen LogP contribution in [0.3, 0.4) is 0 Å². The molecule has 0 saturated heterocycles. The highest BCUT2D eigenvalue weighted by molar-refractivity contribution is 9.10. The topological polar surface area (TPSA) is 49.4 Å². The van der Waals surface area contributed by atoms with Crippen LogP contribution in [0, 0.1) is 0 Å². The molecule has 0 spiro atoms. The summed E-state index contributed by atoms with van der Waals surface area (Å²) in [5.41, 5.74) is 2.12. The quantitative estimate of drug-likeness (QED) is 0.780. The molecular formula is C17H21BrN2O2S. The summed E-state index contributed by atoms with van der Waals surface area (Å²) >= 11 is 3.28. The van der Waals surface area contributed by atoms with Gasteiger partial charge in [-0.25, -0.2) is 13.1 Å². The number of benzene rings is 2. The minimum atomic E-state index is -3.54. The van der Waals surface area contributed by atoms with E-state index < -0.39 is 10.0 Å². The Bertz CT molecular complexity index is 763. The van der Waals surface area contributed by atoms with Gasteiger partial charge in [0.1, 0.15) is 0 Å². The predicted octanol–water partition coefficient (Wildman–Crippen LogP) is 3.38. The van der Waals surface area contributed by atoms with E-state index in [1.165, 1.54) is 5.56 Å². The molecule has 0 aliphatic carbocycles. The van der Waals surface area contributed by atoms with Crippen LogP contribution < -0.4 is 4.72 Å². The van der Waals surface area contributed by atoms with E-state index in [-0.39, 0.29) is 11.4 Å². The number of nitrogens with zero attached hydrogens (tertiary/aromatic N) is 1. The standard InChI is InChI=1S/C17H21BrN2O2S/c1-3-20(2)13-15-8-6-7-14(11-15)12-19-23(21,22)17-10-5-4-9-16(17)18/h4-11,19H,3,12-13H2,1-2H3. The van der Waals surface area contributed by atoms with Crippen LogP contribution in [0.5, 0.6) is 0 Å². The van der Waals surface area contributed by atoms with Crippen LogP contribution >= 0.6 is 15.9 Å². The summed E-state index contributed by atoms with van der Waals surface area (Å²) in [5.74, 6) is 0. The van der Waals surface area contributed by atoms with Crippen molar-refractivity contribution in [3.63, 3.8) is 0 Å². The van der Waals surface area contributed by atoms with Crippen molar-refractivity contribution in [3.8, 4) is 0 Å². The smallest absolute Gasteiger partial charge is 0.241 e. The average molecular weight is 397 g/mol. The van der Waals surface area contributed by atoms with Gasteiger partial charge in [-0.2, -0.15) is 0 Å². The maximum atomic E-state index is 12.4. The summed E-state index contributed by atoms with van der Waals surface area (Å²) in [4.78, 5) is 2.45. The van der Waals surface area contributed by atoms with Crippen molar-refractivity contribution >= 4 is 26.0 Å². The SMILES string of the molecule is CCN(C)Cc1cccc(CNS(=O)(=O)c2ccccc2Br)c1. The van der Waals surface area contributed by atoms with Gasteiger partial charge in [-0.3, -0.25) is 0 Å². The van der Waals surface area contributed by atoms with Gasteiger partial charge in [-0.05, 0) is 52.8 Å². The van der Waals surface area contributed by atoms with E-state index >= 15 is 0 Å². The third kappa shape index (κ3) is 5.14. The average Bonchev–Trinajstić information content (AvgIpc) is 2.53. The van der Waals surface area contributed by atoms with Crippen LogP contribution in [-0.4, -0.2) is 26.9 Å². The van der Waals surface area contributed by atoms with E-state index in [9.17, 15) is 8.42 Å². The summed E-state index contributed by atoms with van der Waals surface area (Å²) in [5, 5.41) is 0. The molecule has 0 aromatic heterocycles. The van der Waals surface area contributed by atoms with Crippen LogP contribution in [0.1, 0.15) is 18.1 Å². The Hall–Kier alpha value is -1.21. The molecule has 0 atom stereocenters. The number of hydrogen-bond acceptors (Lipinski definition) is 3. The van der Waals surface area contributed by atoms with Crippen molar-refractivity contribution in [1.29, 1.82) is 0 Å². The lowest BCUT2D eigenvalue weighted by molar-refractivity contribution is 0.345. The molecule has 2 rings (SSSR count). The summed E-state index contributed by atoms with van der Waals surface area (Å²) in [6, 6.07) is 14.8. The third-order valence-corrected chi connectivity index (χ3v) is 5.99. The lowest BCUT2D eigenvalue weighted by atomic mass is 10.1. The van der Waals surface area contributed by atoms with Gasteiger partial charge in [0.2, 0.25) is 10.0 Å². The van der Waals surface area contributed by atoms with E-state index in [4.69, 9.17) is 0 Å². The zero-order valence-corrected chi connectivity index (χ0v) is 15.7. The highest BCUT2D eigenvalue weighted by Crippen LogP contribution is 2.21. The van der Waals surface area contributed by atoms with Crippen molar-refractivity contribution in [1.82, 2.24) is 9.62 Å². The summed E-state index contributed by atoms with van der Waals surface area (Å²) in [6.07, 6.45) is 0. The molecule has 0 aliphatic rings. The Kier molecular flexibility index (Phi) is 6.35. The molecular weight excluding hydrogens is 376 g/mol. The maximum Gasteiger partial charge on any atom is 0.241 e. The Balaban J connectivity index is 2.09. The first-order valence-electron chi connectivity index (χ1n) is 7.43. The molecule has 0 unspecified atom stereocenters. The summed E-state index contributed by atoms with van der Waals surface area (Å²) in [6.45, 7) is 4.20. The monoisotopic (exact) mass is 396 g/mol. The van der Waals surface area contributed by atoms with Gasteiger partial charge in [0.05, 0.1) is 4.90 Å². The fourth-order valence-corrected chi connectivity index (χ4v) is 4.20. The molecule has 124 valence electrons. The molecule has 4 nitrogen and oxygen atoms in total. The Morgan fingerprint density at radius 1 is 1.09 bits per heavy atom. The number of halogens is 1. The van der Waals surface area contributed by atoms with Crippen LogP contribution in [-0.2, 0) is 23.1 Å². The zero-order valence-electron chi connectivity index (χ0n) is 13.3. The molecule has 2 aromatic rings. The van der Waals surface area contributed by atoms with Gasteiger partial charge in [-0.15, -0.1) is 0 Å². The van der Waals surface area contributed by atoms with E-state index in [0.29, 0.717) is 4.47 Å². The van der Waals surface area contributed by atoms with Gasteiger partial charge in [0, 0.05) is 17.6 Å². The fraction of sp³-hybridized carbons (Fsp3) is 0.294. The molecule has 0 saturated carbocycles. The van der Waals surface area contributed by atoms with Gasteiger partial charge in [0.15, 0.2) is 0 Å². The molecule has 0 heterocycles. The molecule has 0 fully saturated rings. The zero-order chi connectivity index (χ0) is 16.9. The van der Waals surface area contributed by atoms with E-state index in [1.807, 2.05) is 18.2 Å². The van der Waals surface area contributed by atoms with Gasteiger partial charge >= 0.3 is 0 Å². The Morgan fingerprint density at radius 3 is 2.48 bits per heavy atom. The van der Waals surface area contributed by atoms with Crippen LogP contribution in [0.15, 0.2) is 57.9 Å². The molecule has 0 aliphatic heterocycles. The summed E-state index contributed by atoms with van der Waals surface area (Å²) < 4.78 is 28.0. The van der Waals surface area contributed by atoms with Gasteiger partial charge in [-0.1, -0.05) is 43.3 Å². The number of sulfonamides is 1. The van der Waals surface area contributed by atoms with Crippen molar-refractivity contribution < 1.29 is 8.42 Å². The van der Waals surface area contributed by atoms with Gasteiger partial charge in [0.25, 0.3) is 0 Å². The first kappa shape index (κ1) is 18.1. The second-order valence-corrected chi connectivity index (χ2v) is 8.00. The third-order valence-electron chi connectivity index (χ3n) is 3.58. The van der Waals surface area contributed by atoms with E-state index in [0.717, 1.165) is 18.7 Å². The summed E-state index contributed by atoms with van der Waals surface area (Å²) in [7, 11) is -1.48. The fourth-order valence-electron chi connectivity index (χ4n) is 2.18. The number of hydrogen-bond donors (Lipinski definition) is 1. The number of rotatable bonds is 7. The molecule has 6 heteroatoms. The Labute approximate surface area is 146 Å². The van der Waals surface area contributed by atoms with E-state index in [2.05, 4.69) is 45.6 Å². The second kappa shape index (κ2) is 8.06. The second-order valence-electron chi connectivity index (χ2n) is 5.41. The van der Waals surface area contributed by atoms with Crippen molar-refractivity contribution in [2.24, 2.45) is 0 Å². The van der Waals surface area contributed by atoms with Crippen molar-refractivity contribution in [2.45, 2.75) is 24.9 Å². The molecule has 2 aromatic carbocycles. The van der Waals surface area contributed by atoms with Crippen LogP contribution in [0.2, 0.25) is 0 Å². The largest absolute Gasteiger partial charge is 0.302 e. The minimum Gasteiger partial charge on any atom is -0.302 e. The maximum absolute atomic E-state index is 12.4. The molecule has 0 amide bonds. The minimum absolute atomic E-state index is 0.252. The van der Waals surface area contributed by atoms with Crippen molar-refractivity contribution in [3.05, 3.63) is 64.1 Å². The molecule has 1 N–H and O–H groups in total. The van der Waals surface area contributed by atoms with Crippen LogP contribution in [0.25, 0.3) is 0 Å². The van der Waals surface area contributed by atoms with Gasteiger partial charge < -0.3 is 4.90 Å². The highest BCUT2D eigenvalue weighted by atomic mass is 79.9. The predicted molar refractivity (Wildman–Crippen MR) is 96.6 cm³/mol.